The van der Waals surface area contributed by atoms with E-state index in [-0.39, 0.29) is 11.0 Å². The summed E-state index contributed by atoms with van der Waals surface area (Å²) < 4.78 is 42.9. The molecule has 0 spiro atoms. The molecule has 19 heavy (non-hydrogen) atoms. The maximum Gasteiger partial charge on any atom is 0.417 e. The highest BCUT2D eigenvalue weighted by atomic mass is 79.9. The standard InChI is InChI=1S/C11H9BrF3N3O/c1-6-17-10(18-19-6)5-16-7-2-3-9(12)8(4-7)11(13,14)15/h2-4,16H,5H2,1H3. The van der Waals surface area contributed by atoms with E-state index in [1.54, 1.807) is 6.92 Å². The number of aryl methyl sites for hydroxylation is 1. The van der Waals surface area contributed by atoms with Crippen LogP contribution in [0.1, 0.15) is 17.3 Å². The lowest BCUT2D eigenvalue weighted by Gasteiger charge is -2.11. The van der Waals surface area contributed by atoms with Crippen molar-refractivity contribution in [3.8, 4) is 0 Å². The Labute approximate surface area is 115 Å². The molecule has 1 N–H and O–H groups in total. The minimum atomic E-state index is -4.40. The zero-order valence-corrected chi connectivity index (χ0v) is 11.3. The molecule has 8 heteroatoms. The van der Waals surface area contributed by atoms with Crippen LogP contribution in [0.2, 0.25) is 0 Å². The van der Waals surface area contributed by atoms with Crippen molar-refractivity contribution in [3.63, 3.8) is 0 Å². The van der Waals surface area contributed by atoms with Crippen LogP contribution in [0.4, 0.5) is 18.9 Å². The third-order valence-electron chi connectivity index (χ3n) is 2.29. The van der Waals surface area contributed by atoms with Gasteiger partial charge in [-0.25, -0.2) is 0 Å². The normalized spacial score (nSPS) is 11.6. The maximum absolute atomic E-state index is 12.7. The van der Waals surface area contributed by atoms with Crippen molar-refractivity contribution in [1.29, 1.82) is 0 Å². The fourth-order valence-corrected chi connectivity index (χ4v) is 1.92. The number of anilines is 1. The van der Waals surface area contributed by atoms with E-state index in [2.05, 4.69) is 31.4 Å². The molecular weight excluding hydrogens is 327 g/mol. The quantitative estimate of drug-likeness (QED) is 0.927. The van der Waals surface area contributed by atoms with Crippen molar-refractivity contribution in [1.82, 2.24) is 10.1 Å². The molecule has 0 saturated heterocycles. The Kier molecular flexibility index (Phi) is 3.79. The summed E-state index contributed by atoms with van der Waals surface area (Å²) in [5.41, 5.74) is -0.403. The van der Waals surface area contributed by atoms with Gasteiger partial charge in [0.05, 0.1) is 12.1 Å². The second-order valence-corrected chi connectivity index (χ2v) is 4.63. The predicted molar refractivity (Wildman–Crippen MR) is 65.5 cm³/mol. The number of aromatic nitrogens is 2. The van der Waals surface area contributed by atoms with E-state index in [9.17, 15) is 13.2 Å². The zero-order valence-electron chi connectivity index (χ0n) is 9.75. The van der Waals surface area contributed by atoms with Gasteiger partial charge in [0.1, 0.15) is 0 Å². The first kappa shape index (κ1) is 13.9. The number of hydrogen-bond donors (Lipinski definition) is 1. The van der Waals surface area contributed by atoms with Crippen LogP contribution in [0, 0.1) is 6.92 Å². The summed E-state index contributed by atoms with van der Waals surface area (Å²) in [5, 5.41) is 6.45. The first-order valence-electron chi connectivity index (χ1n) is 5.26. The minimum Gasteiger partial charge on any atom is -0.378 e. The van der Waals surface area contributed by atoms with Gasteiger partial charge in [-0.05, 0) is 18.2 Å². The lowest BCUT2D eigenvalue weighted by molar-refractivity contribution is -0.138. The van der Waals surface area contributed by atoms with Crippen molar-refractivity contribution in [2.45, 2.75) is 19.6 Å². The summed E-state index contributed by atoms with van der Waals surface area (Å²) in [6.45, 7) is 1.83. The van der Waals surface area contributed by atoms with Crippen LogP contribution in [0.5, 0.6) is 0 Å². The Hall–Kier alpha value is -1.57. The highest BCUT2D eigenvalue weighted by Crippen LogP contribution is 2.36. The van der Waals surface area contributed by atoms with Gasteiger partial charge in [0.15, 0.2) is 5.82 Å². The lowest BCUT2D eigenvalue weighted by Crippen LogP contribution is -2.08. The van der Waals surface area contributed by atoms with Crippen molar-refractivity contribution in [2.24, 2.45) is 0 Å². The Morgan fingerprint density at radius 2 is 2.11 bits per heavy atom. The van der Waals surface area contributed by atoms with Gasteiger partial charge in [-0.1, -0.05) is 21.1 Å². The summed E-state index contributed by atoms with van der Waals surface area (Å²) in [5.74, 6) is 0.789. The second kappa shape index (κ2) is 5.20. The number of nitrogens with zero attached hydrogens (tertiary/aromatic N) is 2. The molecule has 1 aromatic heterocycles. The Morgan fingerprint density at radius 3 is 2.68 bits per heavy atom. The van der Waals surface area contributed by atoms with Crippen LogP contribution in [0.15, 0.2) is 27.2 Å². The maximum atomic E-state index is 12.7. The highest BCUT2D eigenvalue weighted by molar-refractivity contribution is 9.10. The van der Waals surface area contributed by atoms with Crippen molar-refractivity contribution < 1.29 is 17.7 Å². The van der Waals surface area contributed by atoms with Gasteiger partial charge < -0.3 is 9.84 Å². The van der Waals surface area contributed by atoms with Crippen molar-refractivity contribution in [3.05, 3.63) is 40.0 Å². The first-order chi connectivity index (χ1) is 8.86. The number of halogens is 4. The van der Waals surface area contributed by atoms with E-state index in [0.29, 0.717) is 17.4 Å². The summed E-state index contributed by atoms with van der Waals surface area (Å²) in [4.78, 5) is 3.94. The highest BCUT2D eigenvalue weighted by Gasteiger charge is 2.33. The van der Waals surface area contributed by atoms with Crippen molar-refractivity contribution in [2.75, 3.05) is 5.32 Å². The number of benzene rings is 1. The SMILES string of the molecule is Cc1nc(CNc2ccc(Br)c(C(F)(F)F)c2)no1. The fraction of sp³-hybridized carbons (Fsp3) is 0.273. The van der Waals surface area contributed by atoms with Gasteiger partial charge >= 0.3 is 6.18 Å². The molecule has 102 valence electrons. The molecular formula is C11H9BrF3N3O. The van der Waals surface area contributed by atoms with Crippen LogP contribution in [-0.4, -0.2) is 10.1 Å². The van der Waals surface area contributed by atoms with Gasteiger partial charge in [0.25, 0.3) is 0 Å². The Bertz CT molecular complexity index is 583. The minimum absolute atomic E-state index is 0.000885. The molecule has 0 aliphatic heterocycles. The van der Waals surface area contributed by atoms with Crippen LogP contribution in [0.3, 0.4) is 0 Å². The zero-order chi connectivity index (χ0) is 14.0. The number of rotatable bonds is 3. The predicted octanol–water partition coefficient (Wildman–Crippen LogP) is 3.77. The molecule has 4 nitrogen and oxygen atoms in total. The summed E-state index contributed by atoms with van der Waals surface area (Å²) in [6, 6.07) is 3.90. The average Bonchev–Trinajstić information content (AvgIpc) is 2.72. The van der Waals surface area contributed by atoms with Gasteiger partial charge in [-0.3, -0.25) is 0 Å². The van der Waals surface area contributed by atoms with E-state index >= 15 is 0 Å². The van der Waals surface area contributed by atoms with Crippen LogP contribution >= 0.6 is 15.9 Å². The fourth-order valence-electron chi connectivity index (χ4n) is 1.45. The smallest absolute Gasteiger partial charge is 0.378 e. The summed E-state index contributed by atoms with van der Waals surface area (Å²) >= 11 is 2.88. The lowest BCUT2D eigenvalue weighted by atomic mass is 10.2. The molecule has 0 radical (unpaired) electrons. The van der Waals surface area contributed by atoms with E-state index in [1.165, 1.54) is 12.1 Å². The molecule has 2 aromatic rings. The van der Waals surface area contributed by atoms with E-state index in [1.807, 2.05) is 0 Å². The average molecular weight is 336 g/mol. The number of alkyl halides is 3. The molecule has 1 aromatic carbocycles. The van der Waals surface area contributed by atoms with Crippen molar-refractivity contribution >= 4 is 21.6 Å². The first-order valence-corrected chi connectivity index (χ1v) is 6.05. The van der Waals surface area contributed by atoms with E-state index in [0.717, 1.165) is 6.07 Å². The largest absolute Gasteiger partial charge is 0.417 e. The van der Waals surface area contributed by atoms with Gasteiger partial charge in [0.2, 0.25) is 5.89 Å². The molecule has 0 saturated carbocycles. The van der Waals surface area contributed by atoms with E-state index < -0.39 is 11.7 Å². The number of nitrogens with one attached hydrogen (secondary N) is 1. The third-order valence-corrected chi connectivity index (χ3v) is 2.98. The summed E-state index contributed by atoms with van der Waals surface area (Å²) in [7, 11) is 0. The summed E-state index contributed by atoms with van der Waals surface area (Å²) in [6.07, 6.45) is -4.40. The monoisotopic (exact) mass is 335 g/mol. The molecule has 0 unspecified atom stereocenters. The third kappa shape index (κ3) is 3.46. The Morgan fingerprint density at radius 1 is 1.37 bits per heavy atom. The molecule has 0 fully saturated rings. The van der Waals surface area contributed by atoms with Gasteiger partial charge in [-0.15, -0.1) is 0 Å². The molecule has 0 aliphatic carbocycles. The molecule has 1 heterocycles. The molecule has 2 rings (SSSR count). The topological polar surface area (TPSA) is 51.0 Å². The van der Waals surface area contributed by atoms with Crippen LogP contribution < -0.4 is 5.32 Å². The Balaban J connectivity index is 2.13. The number of hydrogen-bond acceptors (Lipinski definition) is 4. The van der Waals surface area contributed by atoms with Crippen LogP contribution in [-0.2, 0) is 12.7 Å². The van der Waals surface area contributed by atoms with Crippen LogP contribution in [0.25, 0.3) is 0 Å². The molecule has 0 atom stereocenters. The van der Waals surface area contributed by atoms with E-state index in [4.69, 9.17) is 4.52 Å². The van der Waals surface area contributed by atoms with Gasteiger partial charge in [-0.2, -0.15) is 18.2 Å². The molecule has 0 aliphatic rings. The second-order valence-electron chi connectivity index (χ2n) is 3.78. The molecule has 0 amide bonds. The molecule has 0 bridgehead atoms. The van der Waals surface area contributed by atoms with Gasteiger partial charge in [0, 0.05) is 17.1 Å².